The largest absolute Gasteiger partial charge is 0.398 e. The summed E-state index contributed by atoms with van der Waals surface area (Å²) in [5.74, 6) is 0. The van der Waals surface area contributed by atoms with E-state index >= 15 is 0 Å². The molecular formula is C16H20N2O. The molecule has 100 valence electrons. The summed E-state index contributed by atoms with van der Waals surface area (Å²) in [4.78, 5) is 0. The molecule has 0 fully saturated rings. The zero-order valence-corrected chi connectivity index (χ0v) is 11.4. The van der Waals surface area contributed by atoms with E-state index in [-0.39, 0.29) is 0 Å². The molecule has 0 heterocycles. The van der Waals surface area contributed by atoms with Crippen LogP contribution in [0.25, 0.3) is 11.1 Å². The van der Waals surface area contributed by atoms with Gasteiger partial charge in [0.15, 0.2) is 0 Å². The molecule has 0 amide bonds. The average molecular weight is 256 g/mol. The fraction of sp³-hybridized carbons (Fsp3) is 0.250. The molecular weight excluding hydrogens is 236 g/mol. The Morgan fingerprint density at radius 3 is 2.53 bits per heavy atom. The molecule has 0 radical (unpaired) electrons. The lowest BCUT2D eigenvalue weighted by Crippen LogP contribution is -2.07. The van der Waals surface area contributed by atoms with Gasteiger partial charge in [-0.3, -0.25) is 0 Å². The Labute approximate surface area is 114 Å². The number of hydrogen-bond acceptors (Lipinski definition) is 3. The SMILES string of the molecule is COCCNc1ccc(N)c(-c2ccc(C)cc2)c1. The van der Waals surface area contributed by atoms with Gasteiger partial charge in [-0.05, 0) is 30.7 Å². The molecule has 0 unspecified atom stereocenters. The van der Waals surface area contributed by atoms with Gasteiger partial charge in [-0.2, -0.15) is 0 Å². The minimum atomic E-state index is 0.685. The number of methoxy groups -OCH3 is 1. The van der Waals surface area contributed by atoms with Crippen molar-refractivity contribution in [2.75, 3.05) is 31.3 Å². The van der Waals surface area contributed by atoms with Gasteiger partial charge in [-0.15, -0.1) is 0 Å². The maximum absolute atomic E-state index is 6.06. The summed E-state index contributed by atoms with van der Waals surface area (Å²) in [6.07, 6.45) is 0. The zero-order valence-electron chi connectivity index (χ0n) is 11.4. The van der Waals surface area contributed by atoms with Gasteiger partial charge >= 0.3 is 0 Å². The number of aryl methyl sites for hydroxylation is 1. The zero-order chi connectivity index (χ0) is 13.7. The predicted octanol–water partition coefficient (Wildman–Crippen LogP) is 3.30. The van der Waals surface area contributed by atoms with Crippen molar-refractivity contribution < 1.29 is 4.74 Å². The van der Waals surface area contributed by atoms with Crippen LogP contribution in [0.4, 0.5) is 11.4 Å². The highest BCUT2D eigenvalue weighted by molar-refractivity contribution is 5.79. The molecule has 0 aliphatic rings. The van der Waals surface area contributed by atoms with Crippen molar-refractivity contribution >= 4 is 11.4 Å². The van der Waals surface area contributed by atoms with E-state index in [1.54, 1.807) is 7.11 Å². The molecule has 0 saturated carbocycles. The Morgan fingerprint density at radius 1 is 1.11 bits per heavy atom. The number of anilines is 2. The Morgan fingerprint density at radius 2 is 1.84 bits per heavy atom. The number of rotatable bonds is 5. The second-order valence-corrected chi connectivity index (χ2v) is 4.59. The first-order valence-corrected chi connectivity index (χ1v) is 6.40. The first kappa shape index (κ1) is 13.4. The minimum absolute atomic E-state index is 0.685. The molecule has 0 aliphatic heterocycles. The van der Waals surface area contributed by atoms with Gasteiger partial charge in [-0.1, -0.05) is 29.8 Å². The normalized spacial score (nSPS) is 10.4. The van der Waals surface area contributed by atoms with Gasteiger partial charge in [-0.25, -0.2) is 0 Å². The molecule has 2 aromatic rings. The summed E-state index contributed by atoms with van der Waals surface area (Å²) >= 11 is 0. The van der Waals surface area contributed by atoms with Gasteiger partial charge in [0, 0.05) is 30.6 Å². The van der Waals surface area contributed by atoms with Crippen LogP contribution >= 0.6 is 0 Å². The molecule has 2 aromatic carbocycles. The molecule has 3 heteroatoms. The summed E-state index contributed by atoms with van der Waals surface area (Å²) in [5, 5.41) is 3.31. The highest BCUT2D eigenvalue weighted by atomic mass is 16.5. The smallest absolute Gasteiger partial charge is 0.0635 e. The Kier molecular flexibility index (Phi) is 4.42. The van der Waals surface area contributed by atoms with E-state index in [2.05, 4.69) is 42.6 Å². The quantitative estimate of drug-likeness (QED) is 0.637. The molecule has 0 saturated heterocycles. The van der Waals surface area contributed by atoms with E-state index in [9.17, 15) is 0 Å². The van der Waals surface area contributed by atoms with E-state index < -0.39 is 0 Å². The molecule has 19 heavy (non-hydrogen) atoms. The van der Waals surface area contributed by atoms with Crippen LogP contribution < -0.4 is 11.1 Å². The Bertz CT molecular complexity index is 535. The third-order valence-corrected chi connectivity index (χ3v) is 3.05. The monoisotopic (exact) mass is 256 g/mol. The van der Waals surface area contributed by atoms with E-state index in [4.69, 9.17) is 10.5 Å². The van der Waals surface area contributed by atoms with Gasteiger partial charge in [0.25, 0.3) is 0 Å². The van der Waals surface area contributed by atoms with Crippen LogP contribution in [0.1, 0.15) is 5.56 Å². The molecule has 0 aliphatic carbocycles. The van der Waals surface area contributed by atoms with E-state index in [0.717, 1.165) is 29.0 Å². The standard InChI is InChI=1S/C16H20N2O/c1-12-3-5-13(6-4-12)15-11-14(7-8-16(15)17)18-9-10-19-2/h3-8,11,18H,9-10,17H2,1-2H3. The highest BCUT2D eigenvalue weighted by Crippen LogP contribution is 2.29. The average Bonchev–Trinajstić information content (AvgIpc) is 2.42. The summed E-state index contributed by atoms with van der Waals surface area (Å²) in [7, 11) is 1.70. The maximum Gasteiger partial charge on any atom is 0.0635 e. The fourth-order valence-corrected chi connectivity index (χ4v) is 1.95. The molecule has 0 bridgehead atoms. The predicted molar refractivity (Wildman–Crippen MR) is 81.4 cm³/mol. The fourth-order valence-electron chi connectivity index (χ4n) is 1.95. The summed E-state index contributed by atoms with van der Waals surface area (Å²) in [6.45, 7) is 3.55. The van der Waals surface area contributed by atoms with Crippen LogP contribution in [0.3, 0.4) is 0 Å². The second kappa shape index (κ2) is 6.25. The number of nitrogen functional groups attached to an aromatic ring is 1. The lowest BCUT2D eigenvalue weighted by atomic mass is 10.0. The summed E-state index contributed by atoms with van der Waals surface area (Å²) in [6, 6.07) is 14.4. The Balaban J connectivity index is 2.24. The topological polar surface area (TPSA) is 47.3 Å². The lowest BCUT2D eigenvalue weighted by molar-refractivity contribution is 0.211. The first-order valence-electron chi connectivity index (χ1n) is 6.40. The van der Waals surface area contributed by atoms with Crippen LogP contribution in [0.2, 0.25) is 0 Å². The van der Waals surface area contributed by atoms with Crippen molar-refractivity contribution in [2.24, 2.45) is 0 Å². The van der Waals surface area contributed by atoms with Crippen molar-refractivity contribution in [3.8, 4) is 11.1 Å². The van der Waals surface area contributed by atoms with Gasteiger partial charge in [0.2, 0.25) is 0 Å². The molecule has 3 N–H and O–H groups in total. The summed E-state index contributed by atoms with van der Waals surface area (Å²) in [5.41, 5.74) is 11.4. The van der Waals surface area contributed by atoms with E-state index in [1.807, 2.05) is 12.1 Å². The number of nitrogens with one attached hydrogen (secondary N) is 1. The molecule has 0 atom stereocenters. The third-order valence-electron chi connectivity index (χ3n) is 3.05. The second-order valence-electron chi connectivity index (χ2n) is 4.59. The minimum Gasteiger partial charge on any atom is -0.398 e. The molecule has 0 spiro atoms. The number of nitrogens with two attached hydrogens (primary N) is 1. The van der Waals surface area contributed by atoms with Crippen molar-refractivity contribution in [3.63, 3.8) is 0 Å². The maximum atomic E-state index is 6.06. The van der Waals surface area contributed by atoms with Gasteiger partial charge < -0.3 is 15.8 Å². The van der Waals surface area contributed by atoms with Crippen LogP contribution in [-0.4, -0.2) is 20.3 Å². The van der Waals surface area contributed by atoms with Crippen LogP contribution in [0.15, 0.2) is 42.5 Å². The highest BCUT2D eigenvalue weighted by Gasteiger charge is 2.04. The first-order chi connectivity index (χ1) is 9.20. The van der Waals surface area contributed by atoms with Crippen molar-refractivity contribution in [1.82, 2.24) is 0 Å². The third kappa shape index (κ3) is 3.48. The van der Waals surface area contributed by atoms with Crippen molar-refractivity contribution in [2.45, 2.75) is 6.92 Å². The van der Waals surface area contributed by atoms with Gasteiger partial charge in [0.1, 0.15) is 0 Å². The van der Waals surface area contributed by atoms with Crippen molar-refractivity contribution in [3.05, 3.63) is 48.0 Å². The number of benzene rings is 2. The number of ether oxygens (including phenoxy) is 1. The van der Waals surface area contributed by atoms with Gasteiger partial charge in [0.05, 0.1) is 6.61 Å². The lowest BCUT2D eigenvalue weighted by Gasteiger charge is -2.11. The number of hydrogen-bond donors (Lipinski definition) is 2. The van der Waals surface area contributed by atoms with Crippen molar-refractivity contribution in [1.29, 1.82) is 0 Å². The van der Waals surface area contributed by atoms with E-state index in [1.165, 1.54) is 5.56 Å². The van der Waals surface area contributed by atoms with Crippen LogP contribution in [0.5, 0.6) is 0 Å². The van der Waals surface area contributed by atoms with Crippen LogP contribution in [0, 0.1) is 6.92 Å². The molecule has 2 rings (SSSR count). The summed E-state index contributed by atoms with van der Waals surface area (Å²) < 4.78 is 5.03. The van der Waals surface area contributed by atoms with Crippen LogP contribution in [-0.2, 0) is 4.74 Å². The molecule has 3 nitrogen and oxygen atoms in total. The Hall–Kier alpha value is -2.00. The molecule has 0 aromatic heterocycles. The van der Waals surface area contributed by atoms with E-state index in [0.29, 0.717) is 6.61 Å².